The van der Waals surface area contributed by atoms with Crippen LogP contribution in [-0.2, 0) is 4.79 Å². The van der Waals surface area contributed by atoms with Gasteiger partial charge in [0.25, 0.3) is 0 Å². The Kier molecular flexibility index (Phi) is 3.64. The Labute approximate surface area is 139 Å². The van der Waals surface area contributed by atoms with E-state index in [2.05, 4.69) is 25.2 Å². The first-order chi connectivity index (χ1) is 11.0. The maximum atomic E-state index is 12.1. The molecule has 2 nitrogen and oxygen atoms in total. The van der Waals surface area contributed by atoms with Crippen LogP contribution in [0.4, 0.5) is 0 Å². The number of Topliss-reactive ketones (excluding diaryl/α,β-unsaturated/α-hetero) is 1. The first-order valence-corrected chi connectivity index (χ1v) is 9.26. The molecular weight excluding hydrogens is 284 g/mol. The predicted octanol–water partition coefficient (Wildman–Crippen LogP) is 4.36. The van der Waals surface area contributed by atoms with Crippen LogP contribution in [0.25, 0.3) is 0 Å². The van der Waals surface area contributed by atoms with E-state index in [0.717, 1.165) is 25.7 Å². The van der Waals surface area contributed by atoms with Gasteiger partial charge >= 0.3 is 0 Å². The summed E-state index contributed by atoms with van der Waals surface area (Å²) in [6, 6.07) is 0. The van der Waals surface area contributed by atoms with Crippen molar-refractivity contribution in [1.82, 2.24) is 0 Å². The van der Waals surface area contributed by atoms with Crippen LogP contribution in [0.1, 0.15) is 58.8 Å². The van der Waals surface area contributed by atoms with E-state index in [-0.39, 0.29) is 17.4 Å². The van der Waals surface area contributed by atoms with Gasteiger partial charge in [0.1, 0.15) is 5.78 Å². The number of aliphatic hydroxyl groups is 1. The number of aliphatic hydroxyl groups excluding tert-OH is 1. The zero-order valence-corrected chi connectivity index (χ0v) is 14.3. The predicted molar refractivity (Wildman–Crippen MR) is 91.8 cm³/mol. The van der Waals surface area contributed by atoms with Gasteiger partial charge in [-0.3, -0.25) is 4.79 Å². The molecule has 0 amide bonds. The highest BCUT2D eigenvalue weighted by atomic mass is 16.3. The van der Waals surface area contributed by atoms with Gasteiger partial charge in [-0.2, -0.15) is 0 Å². The van der Waals surface area contributed by atoms with Crippen LogP contribution in [0, 0.1) is 23.2 Å². The van der Waals surface area contributed by atoms with Crippen molar-refractivity contribution in [2.24, 2.45) is 23.2 Å². The molecule has 0 aromatic rings. The van der Waals surface area contributed by atoms with Crippen molar-refractivity contribution in [3.63, 3.8) is 0 Å². The molecule has 4 aliphatic rings. The Morgan fingerprint density at radius 3 is 2.87 bits per heavy atom. The summed E-state index contributed by atoms with van der Waals surface area (Å²) in [5.41, 5.74) is 4.66. The Morgan fingerprint density at radius 2 is 2.09 bits per heavy atom. The van der Waals surface area contributed by atoms with Crippen LogP contribution in [0.3, 0.4) is 0 Å². The molecule has 2 saturated carbocycles. The second-order valence-corrected chi connectivity index (χ2v) is 8.43. The lowest BCUT2D eigenvalue weighted by Crippen LogP contribution is -2.39. The minimum Gasteiger partial charge on any atom is -0.392 e. The van der Waals surface area contributed by atoms with Crippen LogP contribution >= 0.6 is 0 Å². The molecule has 0 aromatic carbocycles. The second-order valence-electron chi connectivity index (χ2n) is 8.43. The Balaban J connectivity index is 1.73. The maximum absolute atomic E-state index is 12.1. The van der Waals surface area contributed by atoms with Crippen LogP contribution in [0.5, 0.6) is 0 Å². The second kappa shape index (κ2) is 5.44. The summed E-state index contributed by atoms with van der Waals surface area (Å²) in [6.07, 6.45) is 14.0. The number of hydrogen-bond donors (Lipinski definition) is 1. The normalized spacial score (nSPS) is 42.5. The van der Waals surface area contributed by atoms with E-state index < -0.39 is 0 Å². The van der Waals surface area contributed by atoms with Gasteiger partial charge in [-0.1, -0.05) is 41.9 Å². The van der Waals surface area contributed by atoms with Crippen LogP contribution < -0.4 is 0 Å². The van der Waals surface area contributed by atoms with E-state index >= 15 is 0 Å². The van der Waals surface area contributed by atoms with Gasteiger partial charge in [-0.25, -0.2) is 0 Å². The molecule has 4 aliphatic carbocycles. The molecule has 2 heteroatoms. The van der Waals surface area contributed by atoms with E-state index in [0.29, 0.717) is 17.6 Å². The molecule has 4 rings (SSSR count). The van der Waals surface area contributed by atoms with E-state index in [9.17, 15) is 9.90 Å². The summed E-state index contributed by atoms with van der Waals surface area (Å²) < 4.78 is 0. The summed E-state index contributed by atoms with van der Waals surface area (Å²) in [6.45, 7) is 4.15. The molecule has 0 aromatic heterocycles. The quantitative estimate of drug-likeness (QED) is 0.731. The Bertz CT molecular complexity index is 624. The summed E-state index contributed by atoms with van der Waals surface area (Å²) in [7, 11) is 0. The standard InChI is InChI=1S/C21H28O2/c1-13(22)19-7-8-20-18-6-3-14-11-15(4-5-16(23)12-14)17(18)9-10-21(19,20)2/h3-4,6,16-17,19-20,23H,5,7-12H2,1-2H3/t16-,17+,19+,20-,21+/m0/s1. The fraction of sp³-hybridized carbons (Fsp3) is 0.667. The van der Waals surface area contributed by atoms with Gasteiger partial charge in [0.05, 0.1) is 6.10 Å². The molecule has 0 aliphatic heterocycles. The number of ketones is 1. The lowest BCUT2D eigenvalue weighted by Gasteiger charge is -2.45. The van der Waals surface area contributed by atoms with Crippen molar-refractivity contribution < 1.29 is 9.90 Å². The Hall–Kier alpha value is -1.15. The van der Waals surface area contributed by atoms with Crippen molar-refractivity contribution in [3.8, 4) is 0 Å². The SMILES string of the molecule is CC(=O)[C@H]1CC[C@H]2C3=CC=C4CC(=CC[C@H](O)C4)[C@H]3CC[C@]12C. The van der Waals surface area contributed by atoms with E-state index in [1.807, 2.05) is 0 Å². The lowest BCUT2D eigenvalue weighted by atomic mass is 9.59. The lowest BCUT2D eigenvalue weighted by molar-refractivity contribution is -0.124. The highest BCUT2D eigenvalue weighted by molar-refractivity contribution is 5.79. The van der Waals surface area contributed by atoms with Gasteiger partial charge in [-0.05, 0) is 63.2 Å². The fourth-order valence-electron chi connectivity index (χ4n) is 5.98. The smallest absolute Gasteiger partial charge is 0.133 e. The third-order valence-electron chi connectivity index (χ3n) is 7.14. The molecule has 5 atom stereocenters. The van der Waals surface area contributed by atoms with Crippen LogP contribution in [-0.4, -0.2) is 17.0 Å². The zero-order chi connectivity index (χ0) is 16.2. The van der Waals surface area contributed by atoms with E-state index in [4.69, 9.17) is 0 Å². The molecule has 0 heterocycles. The molecule has 2 bridgehead atoms. The van der Waals surface area contributed by atoms with Crippen molar-refractivity contribution in [2.75, 3.05) is 0 Å². The number of allylic oxidation sites excluding steroid dienone is 4. The van der Waals surface area contributed by atoms with Crippen molar-refractivity contribution in [2.45, 2.75) is 64.9 Å². The highest BCUT2D eigenvalue weighted by Gasteiger charge is 2.53. The van der Waals surface area contributed by atoms with Gasteiger partial charge in [0, 0.05) is 11.8 Å². The highest BCUT2D eigenvalue weighted by Crippen LogP contribution is 2.60. The van der Waals surface area contributed by atoms with Gasteiger partial charge < -0.3 is 5.11 Å². The average molecular weight is 312 g/mol. The van der Waals surface area contributed by atoms with Crippen molar-refractivity contribution in [1.29, 1.82) is 0 Å². The molecule has 2 fully saturated rings. The first-order valence-electron chi connectivity index (χ1n) is 9.26. The average Bonchev–Trinajstić information content (AvgIpc) is 2.64. The zero-order valence-electron chi connectivity index (χ0n) is 14.3. The summed E-state index contributed by atoms with van der Waals surface area (Å²) in [4.78, 5) is 12.1. The largest absolute Gasteiger partial charge is 0.392 e. The number of carbonyl (C=O) groups is 1. The Morgan fingerprint density at radius 1 is 1.26 bits per heavy atom. The molecule has 1 N–H and O–H groups in total. The topological polar surface area (TPSA) is 37.3 Å². The van der Waals surface area contributed by atoms with Gasteiger partial charge in [0.2, 0.25) is 0 Å². The molecule has 0 saturated heterocycles. The maximum Gasteiger partial charge on any atom is 0.133 e. The molecule has 0 spiro atoms. The van der Waals surface area contributed by atoms with E-state index in [1.165, 1.54) is 30.4 Å². The number of fused-ring (bicyclic) bond motifs is 6. The van der Waals surface area contributed by atoms with Crippen molar-refractivity contribution >= 4 is 5.78 Å². The van der Waals surface area contributed by atoms with E-state index in [1.54, 1.807) is 12.5 Å². The minimum atomic E-state index is -0.212. The van der Waals surface area contributed by atoms with Crippen LogP contribution in [0.15, 0.2) is 34.9 Å². The fourth-order valence-corrected chi connectivity index (χ4v) is 5.98. The number of hydrogen-bond acceptors (Lipinski definition) is 2. The molecule has 0 unspecified atom stereocenters. The molecule has 23 heavy (non-hydrogen) atoms. The minimum absolute atomic E-state index is 0.168. The molecule has 124 valence electrons. The van der Waals surface area contributed by atoms with Crippen molar-refractivity contribution in [3.05, 3.63) is 34.9 Å². The first kappa shape index (κ1) is 15.4. The number of carbonyl (C=O) groups excluding carboxylic acids is 1. The van der Waals surface area contributed by atoms with Gasteiger partial charge in [-0.15, -0.1) is 0 Å². The summed E-state index contributed by atoms with van der Waals surface area (Å²) in [5, 5.41) is 10.1. The van der Waals surface area contributed by atoms with Gasteiger partial charge in [0.15, 0.2) is 0 Å². The molecule has 0 radical (unpaired) electrons. The summed E-state index contributed by atoms with van der Waals surface area (Å²) in [5.74, 6) is 1.76. The number of rotatable bonds is 1. The summed E-state index contributed by atoms with van der Waals surface area (Å²) >= 11 is 0. The third-order valence-corrected chi connectivity index (χ3v) is 7.14. The third kappa shape index (κ3) is 2.38. The van der Waals surface area contributed by atoms with Crippen LogP contribution in [0.2, 0.25) is 0 Å². The molecular formula is C21H28O2. The monoisotopic (exact) mass is 312 g/mol.